The second-order valence-electron chi connectivity index (χ2n) is 10.5. The average Bonchev–Trinajstić information content (AvgIpc) is 3.08. The highest BCUT2D eigenvalue weighted by atomic mass is 16.7. The van der Waals surface area contributed by atoms with Gasteiger partial charge in [-0.1, -0.05) is 24.6 Å². The Kier molecular flexibility index (Phi) is 6.55. The third-order valence-electron chi connectivity index (χ3n) is 9.03. The van der Waals surface area contributed by atoms with Crippen LogP contribution in [-0.2, 0) is 9.57 Å². The first-order valence-electron chi connectivity index (χ1n) is 12.5. The first-order valence-corrected chi connectivity index (χ1v) is 12.5. The van der Waals surface area contributed by atoms with Crippen molar-refractivity contribution in [3.8, 4) is 0 Å². The van der Waals surface area contributed by atoms with E-state index in [4.69, 9.17) is 9.57 Å². The Morgan fingerprint density at radius 1 is 1.00 bits per heavy atom. The minimum atomic E-state index is -0.493. The summed E-state index contributed by atoms with van der Waals surface area (Å²) in [7, 11) is 0. The van der Waals surface area contributed by atoms with Crippen LogP contribution in [0.5, 0.6) is 0 Å². The van der Waals surface area contributed by atoms with Gasteiger partial charge in [-0.15, -0.1) is 0 Å². The number of hydrogen-bond acceptors (Lipinski definition) is 5. The Morgan fingerprint density at radius 2 is 1.75 bits per heavy atom. The molecule has 7 heteroatoms. The SMILES string of the molecule is CCNC(=O)O/N=C1\C=C2CCC3C(CCC4(C)C(OC(=O)NCC)CCC34)C2(C)CC1. The standard InChI is InChI=1S/C25H39N3O4/c1-5-26-22(29)31-21-10-9-19-18-8-7-16-15-17(28-32-23(30)27-6-2)11-13-24(16,3)20(18)12-14-25(19,21)4/h15,18-21H,5-14H2,1-4H3,(H,26,29)(H,27,30)/b28-17-. The Balaban J connectivity index is 1.48. The fraction of sp³-hybridized carbons (Fsp3) is 0.800. The summed E-state index contributed by atoms with van der Waals surface area (Å²) in [6.45, 7) is 9.71. The molecule has 0 saturated heterocycles. The van der Waals surface area contributed by atoms with E-state index in [0.29, 0.717) is 30.8 Å². The van der Waals surface area contributed by atoms with E-state index in [1.807, 2.05) is 13.8 Å². The lowest BCUT2D eigenvalue weighted by atomic mass is 9.47. The molecule has 3 fully saturated rings. The quantitative estimate of drug-likeness (QED) is 0.462. The van der Waals surface area contributed by atoms with Gasteiger partial charge in [-0.2, -0.15) is 0 Å². The van der Waals surface area contributed by atoms with Crippen LogP contribution in [0.25, 0.3) is 0 Å². The van der Waals surface area contributed by atoms with E-state index >= 15 is 0 Å². The Bertz CT molecular complexity index is 809. The molecule has 0 bridgehead atoms. The molecule has 0 aromatic carbocycles. The average molecular weight is 446 g/mol. The van der Waals surface area contributed by atoms with Crippen LogP contribution >= 0.6 is 0 Å². The van der Waals surface area contributed by atoms with Crippen molar-refractivity contribution in [2.45, 2.75) is 85.2 Å². The van der Waals surface area contributed by atoms with Crippen molar-refractivity contribution in [3.63, 3.8) is 0 Å². The Labute approximate surface area is 191 Å². The molecule has 0 heterocycles. The number of hydrogen-bond donors (Lipinski definition) is 2. The van der Waals surface area contributed by atoms with E-state index in [1.54, 1.807) is 0 Å². The van der Waals surface area contributed by atoms with Crippen molar-refractivity contribution in [2.24, 2.45) is 33.7 Å². The van der Waals surface area contributed by atoms with Gasteiger partial charge in [0.15, 0.2) is 0 Å². The lowest BCUT2D eigenvalue weighted by Crippen LogP contribution is -2.52. The third kappa shape index (κ3) is 4.03. The van der Waals surface area contributed by atoms with E-state index in [2.05, 4.69) is 35.7 Å². The Hall–Kier alpha value is -2.05. The van der Waals surface area contributed by atoms with Crippen molar-refractivity contribution in [1.29, 1.82) is 0 Å². The maximum atomic E-state index is 12.1. The van der Waals surface area contributed by atoms with Crippen molar-refractivity contribution >= 4 is 17.9 Å². The number of fused-ring (bicyclic) bond motifs is 5. The lowest BCUT2D eigenvalue weighted by molar-refractivity contribution is -0.0751. The molecule has 6 atom stereocenters. The summed E-state index contributed by atoms with van der Waals surface area (Å²) in [4.78, 5) is 28.7. The van der Waals surface area contributed by atoms with Gasteiger partial charge in [-0.3, -0.25) is 4.84 Å². The normalized spacial score (nSPS) is 39.2. The number of nitrogens with one attached hydrogen (secondary N) is 2. The van der Waals surface area contributed by atoms with Gasteiger partial charge in [0.1, 0.15) is 6.10 Å². The van der Waals surface area contributed by atoms with Crippen LogP contribution in [0, 0.1) is 28.6 Å². The van der Waals surface area contributed by atoms with Crippen LogP contribution in [0.1, 0.15) is 79.1 Å². The maximum Gasteiger partial charge on any atom is 0.433 e. The van der Waals surface area contributed by atoms with Crippen LogP contribution in [-0.4, -0.2) is 37.1 Å². The largest absolute Gasteiger partial charge is 0.446 e. The van der Waals surface area contributed by atoms with Gasteiger partial charge < -0.3 is 15.4 Å². The number of allylic oxidation sites excluding steroid dienone is 2. The smallest absolute Gasteiger partial charge is 0.433 e. The monoisotopic (exact) mass is 445 g/mol. The van der Waals surface area contributed by atoms with Crippen molar-refractivity contribution in [1.82, 2.24) is 10.6 Å². The van der Waals surface area contributed by atoms with Crippen LogP contribution < -0.4 is 10.6 Å². The number of alkyl carbamates (subject to hydrolysis) is 1. The van der Waals surface area contributed by atoms with Gasteiger partial charge in [0, 0.05) is 18.5 Å². The summed E-state index contributed by atoms with van der Waals surface area (Å²) >= 11 is 0. The van der Waals surface area contributed by atoms with Gasteiger partial charge in [0.25, 0.3) is 0 Å². The van der Waals surface area contributed by atoms with E-state index in [0.717, 1.165) is 44.2 Å². The molecule has 0 aromatic rings. The van der Waals surface area contributed by atoms with E-state index in [1.165, 1.54) is 18.4 Å². The van der Waals surface area contributed by atoms with Gasteiger partial charge in [0.2, 0.25) is 0 Å². The zero-order chi connectivity index (χ0) is 22.9. The molecule has 7 nitrogen and oxygen atoms in total. The van der Waals surface area contributed by atoms with Crippen LogP contribution in [0.4, 0.5) is 9.59 Å². The number of carbonyl (C=O) groups is 2. The molecule has 32 heavy (non-hydrogen) atoms. The number of carbonyl (C=O) groups excluding carboxylic acids is 2. The summed E-state index contributed by atoms with van der Waals surface area (Å²) < 4.78 is 5.89. The minimum Gasteiger partial charge on any atom is -0.446 e. The zero-order valence-electron chi connectivity index (χ0n) is 20.0. The number of rotatable bonds is 4. The molecule has 178 valence electrons. The predicted octanol–water partition coefficient (Wildman–Crippen LogP) is 5.17. The molecule has 2 amide bonds. The highest BCUT2D eigenvalue weighted by molar-refractivity contribution is 5.96. The van der Waals surface area contributed by atoms with E-state index in [9.17, 15) is 9.59 Å². The van der Waals surface area contributed by atoms with Crippen molar-refractivity contribution in [3.05, 3.63) is 11.6 Å². The molecule has 3 saturated carbocycles. The molecule has 0 radical (unpaired) electrons. The highest BCUT2D eigenvalue weighted by Gasteiger charge is 2.59. The third-order valence-corrected chi connectivity index (χ3v) is 9.03. The van der Waals surface area contributed by atoms with Gasteiger partial charge in [-0.25, -0.2) is 9.59 Å². The van der Waals surface area contributed by atoms with Crippen LogP contribution in [0.3, 0.4) is 0 Å². The minimum absolute atomic E-state index is 0.0289. The van der Waals surface area contributed by atoms with Crippen LogP contribution in [0.2, 0.25) is 0 Å². The lowest BCUT2D eigenvalue weighted by Gasteiger charge is -2.57. The second-order valence-corrected chi connectivity index (χ2v) is 10.5. The number of ether oxygens (including phenoxy) is 1. The van der Waals surface area contributed by atoms with Gasteiger partial charge in [-0.05, 0) is 94.5 Å². The molecule has 0 aromatic heterocycles. The number of oxime groups is 1. The fourth-order valence-electron chi connectivity index (χ4n) is 7.38. The van der Waals surface area contributed by atoms with Gasteiger partial charge >= 0.3 is 12.2 Å². The number of amides is 2. The summed E-state index contributed by atoms with van der Waals surface area (Å²) in [6.07, 6.45) is 10.1. The van der Waals surface area contributed by atoms with Gasteiger partial charge in [0.05, 0.1) is 5.71 Å². The molecule has 4 aliphatic carbocycles. The molecule has 4 aliphatic rings. The zero-order valence-corrected chi connectivity index (χ0v) is 20.0. The molecule has 2 N–H and O–H groups in total. The molecule has 4 rings (SSSR count). The molecule has 0 aliphatic heterocycles. The highest BCUT2D eigenvalue weighted by Crippen LogP contribution is 2.65. The first-order chi connectivity index (χ1) is 15.3. The topological polar surface area (TPSA) is 89.0 Å². The Morgan fingerprint density at radius 3 is 2.50 bits per heavy atom. The van der Waals surface area contributed by atoms with Crippen molar-refractivity contribution < 1.29 is 19.2 Å². The fourth-order valence-corrected chi connectivity index (χ4v) is 7.38. The summed E-state index contributed by atoms with van der Waals surface area (Å²) in [5.74, 6) is 1.97. The molecular weight excluding hydrogens is 406 g/mol. The van der Waals surface area contributed by atoms with Crippen molar-refractivity contribution in [2.75, 3.05) is 13.1 Å². The first kappa shape index (κ1) is 23.1. The second kappa shape index (κ2) is 9.06. The molecule has 0 spiro atoms. The predicted molar refractivity (Wildman–Crippen MR) is 123 cm³/mol. The van der Waals surface area contributed by atoms with E-state index < -0.39 is 6.09 Å². The van der Waals surface area contributed by atoms with E-state index in [-0.39, 0.29) is 23.0 Å². The summed E-state index contributed by atoms with van der Waals surface area (Å²) in [6, 6.07) is 0. The maximum absolute atomic E-state index is 12.1. The summed E-state index contributed by atoms with van der Waals surface area (Å²) in [5, 5.41) is 9.53. The summed E-state index contributed by atoms with van der Waals surface area (Å²) in [5.41, 5.74) is 2.62. The number of nitrogens with zero attached hydrogens (tertiary/aromatic N) is 1. The van der Waals surface area contributed by atoms with Crippen LogP contribution in [0.15, 0.2) is 16.8 Å². The molecular formula is C25H39N3O4. The molecule has 6 unspecified atom stereocenters.